The fraction of sp³-hybridized carbons (Fsp3) is 0.739. The van der Waals surface area contributed by atoms with Gasteiger partial charge in [0.15, 0.2) is 0 Å². The van der Waals surface area contributed by atoms with Crippen molar-refractivity contribution in [2.24, 2.45) is 11.3 Å². The topological polar surface area (TPSA) is 44.3 Å². The lowest BCUT2D eigenvalue weighted by Crippen LogP contribution is -2.36. The Morgan fingerprint density at radius 2 is 1.97 bits per heavy atom. The van der Waals surface area contributed by atoms with E-state index in [1.54, 1.807) is 15.6 Å². The predicted molar refractivity (Wildman–Crippen MR) is 131 cm³/mol. The van der Waals surface area contributed by atoms with Crippen molar-refractivity contribution in [2.45, 2.75) is 56.7 Å². The SMILES string of the molecule is CNC1CCC(CN2CCC3(CCN(c4ncnc5sc(CC(F)(F)P)cc45)C3)C2)CC1. The van der Waals surface area contributed by atoms with Crippen LogP contribution >= 0.6 is 20.6 Å². The van der Waals surface area contributed by atoms with E-state index in [0.29, 0.717) is 16.3 Å². The molecule has 3 fully saturated rings. The Balaban J connectivity index is 1.23. The molecular formula is C23H34F2N5PS. The highest BCUT2D eigenvalue weighted by Gasteiger charge is 2.44. The van der Waals surface area contributed by atoms with Gasteiger partial charge in [-0.15, -0.1) is 11.3 Å². The van der Waals surface area contributed by atoms with Gasteiger partial charge in [-0.25, -0.2) is 18.7 Å². The molecule has 1 aliphatic carbocycles. The minimum Gasteiger partial charge on any atom is -0.355 e. The third kappa shape index (κ3) is 4.94. The van der Waals surface area contributed by atoms with Crippen LogP contribution in [0.25, 0.3) is 10.2 Å². The summed E-state index contributed by atoms with van der Waals surface area (Å²) in [6.07, 6.45) is 9.05. The number of halogens is 2. The van der Waals surface area contributed by atoms with Crippen LogP contribution in [-0.2, 0) is 6.42 Å². The zero-order valence-corrected chi connectivity index (χ0v) is 20.8. The summed E-state index contributed by atoms with van der Waals surface area (Å²) in [7, 11) is 3.72. The zero-order chi connectivity index (χ0) is 22.3. The quantitative estimate of drug-likeness (QED) is 0.621. The molecule has 5 rings (SSSR count). The van der Waals surface area contributed by atoms with Crippen molar-refractivity contribution in [3.05, 3.63) is 17.3 Å². The average molecular weight is 482 g/mol. The smallest absolute Gasteiger partial charge is 0.263 e. The lowest BCUT2D eigenvalue weighted by molar-refractivity contribution is 0.106. The molecule has 4 heterocycles. The Labute approximate surface area is 195 Å². The molecule has 1 saturated carbocycles. The second-order valence-electron chi connectivity index (χ2n) is 10.2. The average Bonchev–Trinajstić information content (AvgIpc) is 3.46. The lowest BCUT2D eigenvalue weighted by atomic mass is 9.85. The number of hydrogen-bond acceptors (Lipinski definition) is 6. The lowest BCUT2D eigenvalue weighted by Gasteiger charge is -2.32. The standard InChI is InChI=1S/C23H34F2N5PS/c1-26-17-4-2-16(3-5-17)12-29-8-6-22(13-29)7-9-30(14-22)20-19-10-18(11-23(24,25)31)32-21(19)28-15-27-20/h10,15-17,26H,2-9,11-14,31H2,1H3. The molecule has 1 N–H and O–H groups in total. The van der Waals surface area contributed by atoms with Gasteiger partial charge in [-0.3, -0.25) is 0 Å². The highest BCUT2D eigenvalue weighted by Crippen LogP contribution is 2.43. The van der Waals surface area contributed by atoms with Gasteiger partial charge >= 0.3 is 0 Å². The molecule has 3 aliphatic rings. The normalized spacial score (nSPS) is 29.6. The van der Waals surface area contributed by atoms with E-state index in [4.69, 9.17) is 0 Å². The molecule has 2 unspecified atom stereocenters. The maximum Gasteiger partial charge on any atom is 0.263 e. The Morgan fingerprint density at radius 1 is 1.19 bits per heavy atom. The Hall–Kier alpha value is -0.950. The number of alkyl halides is 2. The molecule has 0 amide bonds. The van der Waals surface area contributed by atoms with E-state index >= 15 is 0 Å². The minimum absolute atomic E-state index is 0.271. The highest BCUT2D eigenvalue weighted by atomic mass is 32.1. The molecule has 32 heavy (non-hydrogen) atoms. The maximum absolute atomic E-state index is 13.5. The molecule has 2 atom stereocenters. The van der Waals surface area contributed by atoms with Gasteiger partial charge in [-0.1, -0.05) is 9.24 Å². The number of anilines is 1. The van der Waals surface area contributed by atoms with Gasteiger partial charge in [-0.2, -0.15) is 0 Å². The van der Waals surface area contributed by atoms with Gasteiger partial charge in [0.1, 0.15) is 17.0 Å². The first-order valence-electron chi connectivity index (χ1n) is 11.9. The van der Waals surface area contributed by atoms with Crippen LogP contribution in [0.2, 0.25) is 0 Å². The second kappa shape index (κ2) is 9.01. The van der Waals surface area contributed by atoms with Crippen molar-refractivity contribution in [3.8, 4) is 0 Å². The minimum atomic E-state index is -2.79. The molecule has 2 aliphatic heterocycles. The third-order valence-corrected chi connectivity index (χ3v) is 9.04. The number of rotatable bonds is 6. The highest BCUT2D eigenvalue weighted by molar-refractivity contribution is 7.19. The number of nitrogens with zero attached hydrogens (tertiary/aromatic N) is 4. The molecule has 0 aromatic carbocycles. The van der Waals surface area contributed by atoms with Gasteiger partial charge in [0.25, 0.3) is 5.66 Å². The van der Waals surface area contributed by atoms with Gasteiger partial charge in [0.2, 0.25) is 0 Å². The summed E-state index contributed by atoms with van der Waals surface area (Å²) in [5, 5.41) is 4.36. The largest absolute Gasteiger partial charge is 0.355 e. The summed E-state index contributed by atoms with van der Waals surface area (Å²) in [6, 6.07) is 2.59. The van der Waals surface area contributed by atoms with E-state index in [-0.39, 0.29) is 6.42 Å². The van der Waals surface area contributed by atoms with Crippen LogP contribution in [0.3, 0.4) is 0 Å². The van der Waals surface area contributed by atoms with Crippen molar-refractivity contribution in [2.75, 3.05) is 44.7 Å². The molecule has 1 spiro atoms. The molecule has 2 aromatic rings. The van der Waals surface area contributed by atoms with E-state index < -0.39 is 5.66 Å². The van der Waals surface area contributed by atoms with Crippen molar-refractivity contribution >= 4 is 36.6 Å². The van der Waals surface area contributed by atoms with Crippen molar-refractivity contribution in [1.29, 1.82) is 0 Å². The fourth-order valence-electron chi connectivity index (χ4n) is 6.10. The summed E-state index contributed by atoms with van der Waals surface area (Å²) in [4.78, 5) is 15.5. The van der Waals surface area contributed by atoms with E-state index in [2.05, 4.69) is 32.1 Å². The molecular weight excluding hydrogens is 447 g/mol. The van der Waals surface area contributed by atoms with E-state index in [0.717, 1.165) is 35.0 Å². The van der Waals surface area contributed by atoms with Crippen molar-refractivity contribution in [3.63, 3.8) is 0 Å². The summed E-state index contributed by atoms with van der Waals surface area (Å²) in [5.41, 5.74) is -2.45. The van der Waals surface area contributed by atoms with Crippen LogP contribution < -0.4 is 10.2 Å². The monoisotopic (exact) mass is 481 g/mol. The molecule has 2 aromatic heterocycles. The van der Waals surface area contributed by atoms with Crippen LogP contribution in [0.1, 0.15) is 43.4 Å². The summed E-state index contributed by atoms with van der Waals surface area (Å²) >= 11 is 1.36. The first kappa shape index (κ1) is 22.8. The summed E-state index contributed by atoms with van der Waals surface area (Å²) in [6.45, 7) is 5.61. The van der Waals surface area contributed by atoms with Crippen LogP contribution in [0.4, 0.5) is 14.6 Å². The van der Waals surface area contributed by atoms with E-state index in [1.807, 2.05) is 6.07 Å². The first-order valence-corrected chi connectivity index (χ1v) is 13.3. The Kier molecular flexibility index (Phi) is 6.43. The number of fused-ring (bicyclic) bond motifs is 1. The molecule has 176 valence electrons. The van der Waals surface area contributed by atoms with Crippen LogP contribution in [-0.4, -0.2) is 66.3 Å². The van der Waals surface area contributed by atoms with Gasteiger partial charge in [-0.05, 0) is 64.1 Å². The number of thiophene rings is 1. The van der Waals surface area contributed by atoms with Gasteiger partial charge in [0.05, 0.1) is 5.39 Å². The van der Waals surface area contributed by atoms with Crippen LogP contribution in [0.15, 0.2) is 12.4 Å². The van der Waals surface area contributed by atoms with Gasteiger partial charge in [0, 0.05) is 48.9 Å². The number of hydrogen-bond donors (Lipinski definition) is 1. The maximum atomic E-state index is 13.5. The van der Waals surface area contributed by atoms with E-state index in [1.165, 1.54) is 69.5 Å². The van der Waals surface area contributed by atoms with Crippen molar-refractivity contribution < 1.29 is 8.78 Å². The number of nitrogens with one attached hydrogen (secondary N) is 1. The summed E-state index contributed by atoms with van der Waals surface area (Å²) < 4.78 is 27.0. The molecule has 0 radical (unpaired) electrons. The fourth-order valence-corrected chi connectivity index (χ4v) is 7.51. The second-order valence-corrected chi connectivity index (χ2v) is 12.2. The number of aromatic nitrogens is 2. The van der Waals surface area contributed by atoms with Crippen LogP contribution in [0.5, 0.6) is 0 Å². The molecule has 0 bridgehead atoms. The summed E-state index contributed by atoms with van der Waals surface area (Å²) in [5.74, 6) is 1.76. The molecule has 2 saturated heterocycles. The number of likely N-dealkylation sites (tertiary alicyclic amines) is 1. The van der Waals surface area contributed by atoms with Crippen molar-refractivity contribution in [1.82, 2.24) is 20.2 Å². The molecule has 5 nitrogen and oxygen atoms in total. The van der Waals surface area contributed by atoms with Gasteiger partial charge < -0.3 is 15.1 Å². The molecule has 9 heteroatoms. The Bertz CT molecular complexity index is 942. The third-order valence-electron chi connectivity index (χ3n) is 7.80. The predicted octanol–water partition coefficient (Wildman–Crippen LogP) is 4.38. The van der Waals surface area contributed by atoms with Crippen LogP contribution in [0, 0.1) is 11.3 Å². The zero-order valence-electron chi connectivity index (χ0n) is 18.8. The van der Waals surface area contributed by atoms with E-state index in [9.17, 15) is 8.78 Å². The Morgan fingerprint density at radius 3 is 2.72 bits per heavy atom. The first-order chi connectivity index (χ1) is 15.3.